The van der Waals surface area contributed by atoms with Crippen LogP contribution >= 0.6 is 25.8 Å². The molecule has 11 N–H and O–H groups in total. The van der Waals surface area contributed by atoms with Crippen LogP contribution in [0.5, 0.6) is 0 Å². The number of nitrogen functional groups attached to an aromatic ring is 3. The summed E-state index contributed by atoms with van der Waals surface area (Å²) in [5.41, 5.74) is 19.1. The minimum atomic E-state index is -4.55. The maximum Gasteiger partial charge on any atom is 0.386 e. The Balaban J connectivity index is 0.919. The van der Waals surface area contributed by atoms with E-state index in [1.807, 2.05) is 0 Å². The zero-order chi connectivity index (χ0) is 45.2. The first-order chi connectivity index (χ1) is 30.6. The van der Waals surface area contributed by atoms with Crippen molar-refractivity contribution in [3.63, 3.8) is 0 Å². The van der Waals surface area contributed by atoms with Crippen molar-refractivity contribution in [1.82, 2.24) is 58.6 Å². The predicted molar refractivity (Wildman–Crippen MR) is 222 cm³/mol. The second-order valence-corrected chi connectivity index (χ2v) is 20.1. The van der Waals surface area contributed by atoms with Gasteiger partial charge in [-0.25, -0.2) is 49.4 Å². The van der Waals surface area contributed by atoms with E-state index in [9.17, 15) is 29.9 Å². The van der Waals surface area contributed by atoms with Crippen molar-refractivity contribution in [2.75, 3.05) is 44.1 Å². The molecular formula is C31H39N15O14P2S2. The van der Waals surface area contributed by atoms with Gasteiger partial charge >= 0.3 is 13.5 Å². The van der Waals surface area contributed by atoms with E-state index in [1.54, 1.807) is 0 Å². The molecule has 0 bridgehead atoms. The SMILES string of the molecule is CO[C@H]1[C@@H](OP(O)(=S)OC[C@H]2O[C@@H](n3cnc4c(N)ncnc43)[C@H](OP(=O)(S)OC[C@H]3O[C@@H](n4cnc5c(N)ncnc54)[C@H](O)[C@@H]3O)[C@@H]2O)[C@H](n2cnc3c(N)ncnc32)O[C@@H]1CO. The van der Waals surface area contributed by atoms with E-state index >= 15 is 0 Å². The van der Waals surface area contributed by atoms with Gasteiger partial charge in [0, 0.05) is 7.11 Å². The number of hydrogen-bond acceptors (Lipinski definition) is 26. The van der Waals surface area contributed by atoms with Crippen LogP contribution in [-0.4, -0.2) is 166 Å². The minimum Gasteiger partial charge on any atom is -0.394 e. The van der Waals surface area contributed by atoms with Crippen molar-refractivity contribution in [1.29, 1.82) is 0 Å². The first kappa shape index (κ1) is 44.9. The van der Waals surface area contributed by atoms with Crippen LogP contribution in [0.4, 0.5) is 17.5 Å². The summed E-state index contributed by atoms with van der Waals surface area (Å²) in [5.74, 6) is 0.186. The van der Waals surface area contributed by atoms with Crippen LogP contribution in [-0.2, 0) is 53.4 Å². The van der Waals surface area contributed by atoms with Crippen molar-refractivity contribution in [2.45, 2.75) is 73.6 Å². The summed E-state index contributed by atoms with van der Waals surface area (Å²) < 4.78 is 64.9. The molecule has 3 aliphatic rings. The predicted octanol–water partition coefficient (Wildman–Crippen LogP) is -1.91. The van der Waals surface area contributed by atoms with E-state index in [2.05, 4.69) is 57.1 Å². The summed E-state index contributed by atoms with van der Waals surface area (Å²) >= 11 is 9.57. The summed E-state index contributed by atoms with van der Waals surface area (Å²) in [5, 5.41) is 43.7. The number of imidazole rings is 3. The normalized spacial score (nSPS) is 31.6. The van der Waals surface area contributed by atoms with Gasteiger partial charge in [-0.3, -0.25) is 27.3 Å². The standard InChI is InChI=1S/C31H39N15O14P2S2/c1-53-20-11(2-47)56-31(46-10-43-16-25(34)37-7-40-28(16)46)22(20)60-62(52,64)55-4-13-18(49)21(30(58-13)45-9-42-15-24(33)36-6-39-27(15)45)59-61(51,63)54-3-12-17(48)19(50)29(57-12)44-8-41-14-23(32)35-5-38-26(14)44/h5-13,17-22,29-31,47-50H,2-4H2,1H3,(H,51,63)(H,52,64)(H2,32,35,38)(H2,33,36,39)(H2,34,37,40)/t11-,12-,13-,17-,18-,19-,20-,21-,22-,29-,30-,31-,61?,62?/m1/s1. The molecule has 9 heterocycles. The second kappa shape index (κ2) is 17.5. The van der Waals surface area contributed by atoms with Gasteiger partial charge in [0.25, 0.3) is 0 Å². The number of aliphatic hydroxyl groups excluding tert-OH is 4. The Hall–Kier alpha value is -4.24. The van der Waals surface area contributed by atoms with Crippen molar-refractivity contribution in [3.8, 4) is 0 Å². The highest BCUT2D eigenvalue weighted by atomic mass is 32.7. The van der Waals surface area contributed by atoms with E-state index < -0.39 is 107 Å². The van der Waals surface area contributed by atoms with Crippen molar-refractivity contribution >= 4 is 88.5 Å². The molecule has 0 saturated carbocycles. The van der Waals surface area contributed by atoms with Gasteiger partial charge in [0.2, 0.25) is 0 Å². The first-order valence-corrected chi connectivity index (χ1v) is 24.1. The number of methoxy groups -OCH3 is 1. The van der Waals surface area contributed by atoms with Crippen LogP contribution in [0.3, 0.4) is 0 Å². The van der Waals surface area contributed by atoms with Gasteiger partial charge in [0.05, 0.1) is 38.8 Å². The highest BCUT2D eigenvalue weighted by molar-refractivity contribution is 8.44. The highest BCUT2D eigenvalue weighted by Gasteiger charge is 2.53. The summed E-state index contributed by atoms with van der Waals surface area (Å²) in [7, 11) is 1.34. The fraction of sp³-hybridized carbons (Fsp3) is 0.516. The average Bonchev–Trinajstić information content (AvgIpc) is 4.12. The average molecular weight is 972 g/mol. The molecule has 0 amide bonds. The lowest BCUT2D eigenvalue weighted by molar-refractivity contribution is -0.0580. The van der Waals surface area contributed by atoms with E-state index in [0.29, 0.717) is 0 Å². The molecule has 0 radical (unpaired) electrons. The largest absolute Gasteiger partial charge is 0.394 e. The third-order valence-corrected chi connectivity index (χ3v) is 13.9. The van der Waals surface area contributed by atoms with Gasteiger partial charge in [-0.2, -0.15) is 0 Å². The summed E-state index contributed by atoms with van der Waals surface area (Å²) in [6.07, 6.45) is -8.56. The van der Waals surface area contributed by atoms with Gasteiger partial charge in [-0.05, 0) is 11.8 Å². The number of rotatable bonds is 15. The molecule has 0 spiro atoms. The smallest absolute Gasteiger partial charge is 0.386 e. The Bertz CT molecular complexity index is 2770. The highest BCUT2D eigenvalue weighted by Crippen LogP contribution is 2.58. The van der Waals surface area contributed by atoms with Crippen molar-refractivity contribution in [2.24, 2.45) is 0 Å². The van der Waals surface area contributed by atoms with Gasteiger partial charge < -0.3 is 66.0 Å². The summed E-state index contributed by atoms with van der Waals surface area (Å²) in [6, 6.07) is 0. The van der Waals surface area contributed by atoms with E-state index in [-0.39, 0.29) is 50.9 Å². The third kappa shape index (κ3) is 8.19. The molecule has 29 nitrogen and oxygen atoms in total. The maximum atomic E-state index is 13.9. The molecule has 0 aliphatic carbocycles. The molecule has 6 aromatic rings. The number of thiol groups is 1. The number of anilines is 3. The van der Waals surface area contributed by atoms with Gasteiger partial charge in [-0.1, -0.05) is 12.2 Å². The molecule has 2 unspecified atom stereocenters. The molecule has 14 atom stereocenters. The molecule has 0 aromatic carbocycles. The summed E-state index contributed by atoms with van der Waals surface area (Å²) in [4.78, 5) is 48.5. The maximum absolute atomic E-state index is 13.9. The fourth-order valence-corrected chi connectivity index (χ4v) is 10.5. The van der Waals surface area contributed by atoms with Crippen LogP contribution in [0.2, 0.25) is 0 Å². The number of nitrogens with zero attached hydrogens (tertiary/aromatic N) is 12. The molecule has 344 valence electrons. The molecule has 6 aromatic heterocycles. The van der Waals surface area contributed by atoms with Crippen molar-refractivity contribution < 1.29 is 66.9 Å². The third-order valence-electron chi connectivity index (χ3n) is 10.7. The van der Waals surface area contributed by atoms with E-state index in [4.69, 9.17) is 66.1 Å². The summed E-state index contributed by atoms with van der Waals surface area (Å²) in [6.45, 7) is -10.7. The molecule has 64 heavy (non-hydrogen) atoms. The van der Waals surface area contributed by atoms with Crippen molar-refractivity contribution in [3.05, 3.63) is 38.0 Å². The zero-order valence-corrected chi connectivity index (χ0v) is 36.3. The molecule has 9 rings (SSSR count). The van der Waals surface area contributed by atoms with Gasteiger partial charge in [-0.15, -0.1) is 0 Å². The van der Waals surface area contributed by atoms with Crippen LogP contribution in [0.15, 0.2) is 38.0 Å². The first-order valence-electron chi connectivity index (χ1n) is 18.8. The quantitative estimate of drug-likeness (QED) is 0.0400. The Morgan fingerprint density at radius 2 is 1.11 bits per heavy atom. The topological polar surface area (TPSA) is 401 Å². The van der Waals surface area contributed by atoms with Crippen LogP contribution in [0, 0.1) is 0 Å². The number of aliphatic hydroxyl groups is 4. The monoisotopic (exact) mass is 971 g/mol. The number of aromatic nitrogens is 12. The molecule has 3 saturated heterocycles. The molecule has 3 fully saturated rings. The second-order valence-electron chi connectivity index (χ2n) is 14.5. The molecule has 3 aliphatic heterocycles. The number of ether oxygens (including phenoxy) is 4. The number of fused-ring (bicyclic) bond motifs is 3. The molecular weight excluding hydrogens is 933 g/mol. The fourth-order valence-electron chi connectivity index (χ4n) is 7.64. The lowest BCUT2D eigenvalue weighted by Gasteiger charge is -2.28. The zero-order valence-electron chi connectivity index (χ0n) is 32.8. The minimum absolute atomic E-state index is 0.0165. The number of hydrogen-bond donors (Lipinski definition) is 9. The Morgan fingerprint density at radius 1 is 0.656 bits per heavy atom. The Kier molecular flexibility index (Phi) is 12.3. The molecule has 33 heteroatoms. The van der Waals surface area contributed by atoms with Gasteiger partial charge in [0.15, 0.2) is 53.1 Å². The van der Waals surface area contributed by atoms with Crippen LogP contribution < -0.4 is 17.2 Å². The van der Waals surface area contributed by atoms with E-state index in [0.717, 1.165) is 6.33 Å². The number of nitrogens with two attached hydrogens (primary N) is 3. The lowest BCUT2D eigenvalue weighted by Crippen LogP contribution is -2.37. The van der Waals surface area contributed by atoms with Gasteiger partial charge in [0.1, 0.15) is 90.5 Å². The lowest BCUT2D eigenvalue weighted by atomic mass is 10.1. The van der Waals surface area contributed by atoms with Crippen LogP contribution in [0.25, 0.3) is 33.5 Å². The van der Waals surface area contributed by atoms with E-state index in [1.165, 1.54) is 52.4 Å². The van der Waals surface area contributed by atoms with Crippen LogP contribution in [0.1, 0.15) is 18.7 Å². The Morgan fingerprint density at radius 3 is 1.62 bits per heavy atom. The Labute approximate surface area is 368 Å².